The topological polar surface area (TPSA) is 51.5 Å². The van der Waals surface area contributed by atoms with Gasteiger partial charge in [0.25, 0.3) is 0 Å². The summed E-state index contributed by atoms with van der Waals surface area (Å²) < 4.78 is 12.8. The zero-order chi connectivity index (χ0) is 19.8. The molecule has 2 heterocycles. The third-order valence-electron chi connectivity index (χ3n) is 6.04. The predicted octanol–water partition coefficient (Wildman–Crippen LogP) is 3.15. The summed E-state index contributed by atoms with van der Waals surface area (Å²) in [5.74, 6) is 0. The van der Waals surface area contributed by atoms with E-state index in [1.165, 1.54) is 36.9 Å². The van der Waals surface area contributed by atoms with Crippen LogP contribution in [0, 0.1) is 5.41 Å². The predicted molar refractivity (Wildman–Crippen MR) is 113 cm³/mol. The lowest BCUT2D eigenvalue weighted by Crippen LogP contribution is -2.47. The van der Waals surface area contributed by atoms with Gasteiger partial charge in [-0.2, -0.15) is 5.10 Å². The Kier molecular flexibility index (Phi) is 7.94. The van der Waals surface area contributed by atoms with E-state index in [9.17, 15) is 0 Å². The summed E-state index contributed by atoms with van der Waals surface area (Å²) in [6.07, 6.45) is 13.8. The second-order valence-electron chi connectivity index (χ2n) is 8.44. The molecule has 158 valence electrons. The van der Waals surface area contributed by atoms with Crippen molar-refractivity contribution in [3.05, 3.63) is 24.0 Å². The first kappa shape index (κ1) is 21.3. The number of nitrogens with zero attached hydrogens (tertiary/aromatic N) is 3. The first-order chi connectivity index (χ1) is 13.7. The van der Waals surface area contributed by atoms with Gasteiger partial charge in [0.1, 0.15) is 0 Å². The summed E-state index contributed by atoms with van der Waals surface area (Å²) in [5, 5.41) is 8.28. The van der Waals surface area contributed by atoms with E-state index in [4.69, 9.17) is 9.47 Å². The minimum atomic E-state index is 0.270. The Balaban J connectivity index is 1.65. The van der Waals surface area contributed by atoms with E-state index < -0.39 is 0 Å². The van der Waals surface area contributed by atoms with Crippen LogP contribution in [0.15, 0.2) is 18.5 Å². The van der Waals surface area contributed by atoms with E-state index in [1.807, 2.05) is 18.0 Å². The number of aromatic nitrogens is 2. The molecule has 6 nitrogen and oxygen atoms in total. The van der Waals surface area contributed by atoms with Gasteiger partial charge in [-0.05, 0) is 32.1 Å². The number of methoxy groups -OCH3 is 2. The van der Waals surface area contributed by atoms with Gasteiger partial charge in [-0.25, -0.2) is 0 Å². The molecule has 0 aromatic carbocycles. The van der Waals surface area contributed by atoms with Crippen LogP contribution < -0.4 is 5.32 Å². The van der Waals surface area contributed by atoms with Gasteiger partial charge in [0.15, 0.2) is 0 Å². The fourth-order valence-electron chi connectivity index (χ4n) is 4.06. The highest BCUT2D eigenvalue weighted by Crippen LogP contribution is 2.35. The summed E-state index contributed by atoms with van der Waals surface area (Å²) in [5.41, 5.74) is 2.83. The molecule has 0 spiro atoms. The van der Waals surface area contributed by atoms with Crippen LogP contribution in [0.25, 0.3) is 5.70 Å². The lowest BCUT2D eigenvalue weighted by atomic mass is 9.78. The molecule has 6 heteroatoms. The SMILES string of the molecule is CCC/C=C(/c1cnn(CCOC)c1)N1CCC(CNC2CC2)(COC)CC1. The van der Waals surface area contributed by atoms with Crippen molar-refractivity contribution < 1.29 is 9.47 Å². The third kappa shape index (κ3) is 5.82. The standard InChI is InChI=1S/C22H38N4O2/c1-4-5-6-21(19-15-24-26(16-19)13-14-27-2)25-11-9-22(10-12-25,18-28-3)17-23-20-7-8-20/h6,15-16,20,23H,4-5,7-14,17-18H2,1-3H3/b21-6-. The van der Waals surface area contributed by atoms with Crippen LogP contribution in [-0.4, -0.2) is 67.8 Å². The van der Waals surface area contributed by atoms with Gasteiger partial charge in [-0.1, -0.05) is 19.4 Å². The highest BCUT2D eigenvalue weighted by molar-refractivity contribution is 5.63. The number of unbranched alkanes of at least 4 members (excludes halogenated alkanes) is 1. The van der Waals surface area contributed by atoms with Crippen molar-refractivity contribution in [2.24, 2.45) is 5.41 Å². The number of rotatable bonds is 12. The van der Waals surface area contributed by atoms with Gasteiger partial charge in [0, 0.05) is 62.8 Å². The Bertz CT molecular complexity index is 616. The molecule has 0 radical (unpaired) electrons. The van der Waals surface area contributed by atoms with Gasteiger partial charge in [0.2, 0.25) is 0 Å². The summed E-state index contributed by atoms with van der Waals surface area (Å²) in [6.45, 7) is 7.81. The van der Waals surface area contributed by atoms with Crippen molar-refractivity contribution in [1.82, 2.24) is 20.0 Å². The molecule has 1 saturated carbocycles. The number of ether oxygens (including phenoxy) is 2. The Labute approximate surface area is 170 Å². The van der Waals surface area contributed by atoms with E-state index in [-0.39, 0.29) is 5.41 Å². The number of piperidine rings is 1. The summed E-state index contributed by atoms with van der Waals surface area (Å²) in [4.78, 5) is 2.55. The van der Waals surface area contributed by atoms with Crippen molar-refractivity contribution in [3.8, 4) is 0 Å². The van der Waals surface area contributed by atoms with E-state index in [1.54, 1.807) is 7.11 Å². The second kappa shape index (κ2) is 10.4. The molecule has 2 fully saturated rings. The monoisotopic (exact) mass is 390 g/mol. The van der Waals surface area contributed by atoms with Gasteiger partial charge in [-0.15, -0.1) is 0 Å². The summed E-state index contributed by atoms with van der Waals surface area (Å²) in [7, 11) is 3.57. The maximum atomic E-state index is 5.63. The van der Waals surface area contributed by atoms with Crippen molar-refractivity contribution in [1.29, 1.82) is 0 Å². The number of allylic oxidation sites excluding steroid dienone is 1. The first-order valence-corrected chi connectivity index (χ1v) is 10.9. The van der Waals surface area contributed by atoms with Crippen LogP contribution in [0.4, 0.5) is 0 Å². The van der Waals surface area contributed by atoms with Crippen LogP contribution in [0.3, 0.4) is 0 Å². The van der Waals surface area contributed by atoms with E-state index in [0.717, 1.165) is 51.7 Å². The fourth-order valence-corrected chi connectivity index (χ4v) is 4.06. The molecule has 0 atom stereocenters. The average molecular weight is 391 g/mol. The van der Waals surface area contributed by atoms with Gasteiger partial charge < -0.3 is 19.7 Å². The molecule has 0 amide bonds. The van der Waals surface area contributed by atoms with Crippen LogP contribution >= 0.6 is 0 Å². The lowest BCUT2D eigenvalue weighted by molar-refractivity contribution is 0.0345. The van der Waals surface area contributed by atoms with Gasteiger partial charge in [-0.3, -0.25) is 4.68 Å². The zero-order valence-corrected chi connectivity index (χ0v) is 18.0. The fraction of sp³-hybridized carbons (Fsp3) is 0.773. The van der Waals surface area contributed by atoms with E-state index in [0.29, 0.717) is 6.61 Å². The van der Waals surface area contributed by atoms with E-state index >= 15 is 0 Å². The molecule has 1 aliphatic carbocycles. The molecule has 28 heavy (non-hydrogen) atoms. The quantitative estimate of drug-likeness (QED) is 0.594. The molecular weight excluding hydrogens is 352 g/mol. The van der Waals surface area contributed by atoms with Crippen molar-refractivity contribution >= 4 is 5.70 Å². The highest BCUT2D eigenvalue weighted by atomic mass is 16.5. The minimum absolute atomic E-state index is 0.270. The van der Waals surface area contributed by atoms with Crippen LogP contribution in [0.1, 0.15) is 51.0 Å². The molecule has 1 saturated heterocycles. The maximum absolute atomic E-state index is 5.63. The van der Waals surface area contributed by atoms with Gasteiger partial charge in [0.05, 0.1) is 26.0 Å². The van der Waals surface area contributed by atoms with Crippen LogP contribution in [0.2, 0.25) is 0 Å². The second-order valence-corrected chi connectivity index (χ2v) is 8.44. The molecule has 3 rings (SSSR count). The molecule has 1 aromatic heterocycles. The molecule has 1 aliphatic heterocycles. The smallest absolute Gasteiger partial charge is 0.0658 e. The van der Waals surface area contributed by atoms with Gasteiger partial charge >= 0.3 is 0 Å². The summed E-state index contributed by atoms with van der Waals surface area (Å²) >= 11 is 0. The number of likely N-dealkylation sites (tertiary alicyclic amines) is 1. The zero-order valence-electron chi connectivity index (χ0n) is 18.0. The molecule has 0 unspecified atom stereocenters. The Morgan fingerprint density at radius 3 is 2.71 bits per heavy atom. The molecule has 2 aliphatic rings. The highest BCUT2D eigenvalue weighted by Gasteiger charge is 2.37. The average Bonchev–Trinajstić information content (AvgIpc) is 3.43. The van der Waals surface area contributed by atoms with Crippen molar-refractivity contribution in [3.63, 3.8) is 0 Å². The number of hydrogen-bond acceptors (Lipinski definition) is 5. The lowest BCUT2D eigenvalue weighted by Gasteiger charge is -2.43. The van der Waals surface area contributed by atoms with Crippen molar-refractivity contribution in [2.75, 3.05) is 47.1 Å². The normalized spacial score (nSPS) is 20.0. The largest absolute Gasteiger partial charge is 0.384 e. The Hall–Kier alpha value is -1.37. The first-order valence-electron chi connectivity index (χ1n) is 10.9. The summed E-state index contributed by atoms with van der Waals surface area (Å²) in [6, 6.07) is 0.754. The Morgan fingerprint density at radius 2 is 2.07 bits per heavy atom. The number of nitrogens with one attached hydrogen (secondary N) is 1. The molecular formula is C22H38N4O2. The maximum Gasteiger partial charge on any atom is 0.0658 e. The Morgan fingerprint density at radius 1 is 1.29 bits per heavy atom. The minimum Gasteiger partial charge on any atom is -0.384 e. The molecule has 1 aromatic rings. The molecule has 1 N–H and O–H groups in total. The van der Waals surface area contributed by atoms with Crippen LogP contribution in [0.5, 0.6) is 0 Å². The van der Waals surface area contributed by atoms with Crippen LogP contribution in [-0.2, 0) is 16.0 Å². The van der Waals surface area contributed by atoms with Crippen molar-refractivity contribution in [2.45, 2.75) is 58.0 Å². The van der Waals surface area contributed by atoms with E-state index in [2.05, 4.69) is 34.5 Å². The molecule has 0 bridgehead atoms. The third-order valence-corrected chi connectivity index (χ3v) is 6.04. The number of hydrogen-bond donors (Lipinski definition) is 1.